The second kappa shape index (κ2) is 19.8. The van der Waals surface area contributed by atoms with Crippen LogP contribution in [0.4, 0.5) is 0 Å². The molecular formula is C43H48FeN2P2-6. The van der Waals surface area contributed by atoms with Crippen LogP contribution < -0.4 is 31.8 Å². The summed E-state index contributed by atoms with van der Waals surface area (Å²) >= 11 is 0. The Morgan fingerprint density at radius 2 is 1.04 bits per heavy atom. The van der Waals surface area contributed by atoms with E-state index in [1.54, 1.807) is 0 Å². The van der Waals surface area contributed by atoms with Crippen LogP contribution in [0.3, 0.4) is 0 Å². The van der Waals surface area contributed by atoms with E-state index in [2.05, 4.69) is 201 Å². The molecule has 0 heterocycles. The number of benzene rings is 4. The molecule has 0 radical (unpaired) electrons. The monoisotopic (exact) mass is 710 g/mol. The van der Waals surface area contributed by atoms with Gasteiger partial charge in [0.15, 0.2) is 0 Å². The van der Waals surface area contributed by atoms with Gasteiger partial charge >= 0.3 is 0 Å². The average molecular weight is 711 g/mol. The summed E-state index contributed by atoms with van der Waals surface area (Å²) in [7, 11) is 1.30. The molecule has 0 aliphatic heterocycles. The van der Waals surface area contributed by atoms with Gasteiger partial charge in [-0.2, -0.15) is 6.07 Å². The Labute approximate surface area is 302 Å². The summed E-state index contributed by atoms with van der Waals surface area (Å²) in [5, 5.41) is 8.55. The summed E-state index contributed by atoms with van der Waals surface area (Å²) < 4.78 is 0. The molecule has 0 fully saturated rings. The van der Waals surface area contributed by atoms with Gasteiger partial charge in [0.25, 0.3) is 0 Å². The summed E-state index contributed by atoms with van der Waals surface area (Å²) in [6.07, 6.45) is 0. The molecule has 0 saturated heterocycles. The maximum absolute atomic E-state index is 2.50. The van der Waals surface area contributed by atoms with Crippen LogP contribution in [0.1, 0.15) is 32.4 Å². The van der Waals surface area contributed by atoms with Crippen LogP contribution in [0.2, 0.25) is 0 Å². The number of hydrogen-bond acceptors (Lipinski definition) is 2. The molecule has 0 N–H and O–H groups in total. The molecule has 0 saturated carbocycles. The van der Waals surface area contributed by atoms with Crippen molar-refractivity contribution in [3.05, 3.63) is 169 Å². The van der Waals surface area contributed by atoms with E-state index in [1.807, 2.05) is 0 Å². The molecule has 254 valence electrons. The first-order chi connectivity index (χ1) is 23.1. The molecule has 1 atom stereocenters. The van der Waals surface area contributed by atoms with Crippen molar-refractivity contribution < 1.29 is 17.1 Å². The van der Waals surface area contributed by atoms with Gasteiger partial charge in [0, 0.05) is 30.2 Å². The van der Waals surface area contributed by atoms with Gasteiger partial charge in [-0.1, -0.05) is 153 Å². The van der Waals surface area contributed by atoms with E-state index in [0.29, 0.717) is 6.04 Å². The zero-order chi connectivity index (χ0) is 32.8. The summed E-state index contributed by atoms with van der Waals surface area (Å²) in [6.45, 7) is 11.3. The fraction of sp³-hybridized carbons (Fsp3) is 0.209. The standard InChI is InChI=1S/C26H34N2P.C17H14P.Fe/c1-5-28(6-2)21-20-27(4)22(3)25-18-13-19-26(25)29(23-14-9-7-10-15-23)24-16-11-8-12-17-24;1-3-9-15(10-4-1)18(17-13-7-8-14-17)16-11-5-2-6-12-16;/h7-19,22H,5-6,20-21H2,1-4H3;1-14H;/q-1;-5;/t22-;;/m1../s1. The van der Waals surface area contributed by atoms with Crippen LogP contribution in [0, 0.1) is 0 Å². The van der Waals surface area contributed by atoms with E-state index in [-0.39, 0.29) is 17.1 Å². The normalized spacial score (nSPS) is 11.8. The van der Waals surface area contributed by atoms with Gasteiger partial charge in [0.2, 0.25) is 0 Å². The molecule has 6 rings (SSSR count). The third-order valence-electron chi connectivity index (χ3n) is 8.80. The van der Waals surface area contributed by atoms with E-state index in [0.717, 1.165) is 26.2 Å². The second-order valence-corrected chi connectivity index (χ2v) is 16.1. The Bertz CT molecular complexity index is 1610. The van der Waals surface area contributed by atoms with Crippen LogP contribution in [-0.2, 0) is 17.1 Å². The first-order valence-corrected chi connectivity index (χ1v) is 19.5. The number of hydrogen-bond donors (Lipinski definition) is 0. The van der Waals surface area contributed by atoms with Crippen molar-refractivity contribution >= 4 is 47.7 Å². The molecule has 0 spiro atoms. The molecule has 48 heavy (non-hydrogen) atoms. The molecular weight excluding hydrogens is 662 g/mol. The summed E-state index contributed by atoms with van der Waals surface area (Å²) in [5.41, 5.74) is 1.46. The zero-order valence-electron chi connectivity index (χ0n) is 28.6. The first-order valence-electron chi connectivity index (χ1n) is 16.8. The SMILES string of the molecule is CCN(CC)CCN(C)[C@H](C)[c-]1cccc1P(c1ccccc1)c1ccccc1.[Fe].c1ccc(P(c2ccccc2)[c-]2[cH-][cH-][cH-][cH-]2)cc1. The molecule has 6 aromatic carbocycles. The van der Waals surface area contributed by atoms with E-state index in [1.165, 1.54) is 37.4 Å². The largest absolute Gasteiger partial charge is 0.747 e. The summed E-state index contributed by atoms with van der Waals surface area (Å²) in [4.78, 5) is 5.00. The van der Waals surface area contributed by atoms with E-state index < -0.39 is 15.8 Å². The fourth-order valence-electron chi connectivity index (χ4n) is 5.95. The first kappa shape index (κ1) is 37.7. The predicted molar refractivity (Wildman–Crippen MR) is 210 cm³/mol. The minimum atomic E-state index is -0.552. The van der Waals surface area contributed by atoms with Crippen molar-refractivity contribution in [2.45, 2.75) is 26.8 Å². The number of nitrogens with zero attached hydrogens (tertiary/aromatic N) is 2. The molecule has 0 bridgehead atoms. The van der Waals surface area contributed by atoms with Crippen LogP contribution >= 0.6 is 15.8 Å². The van der Waals surface area contributed by atoms with Crippen LogP contribution in [-0.4, -0.2) is 43.0 Å². The molecule has 5 heteroatoms. The summed E-state index contributed by atoms with van der Waals surface area (Å²) in [5.74, 6) is 0. The molecule has 0 aliphatic carbocycles. The Kier molecular flexibility index (Phi) is 15.5. The zero-order valence-corrected chi connectivity index (χ0v) is 31.5. The summed E-state index contributed by atoms with van der Waals surface area (Å²) in [6, 6.07) is 59.5. The third kappa shape index (κ3) is 9.96. The quantitative estimate of drug-likeness (QED) is 0.0691. The number of likely N-dealkylation sites (N-methyl/N-ethyl adjacent to an activating group) is 2. The Hall–Kier alpha value is -3.12. The smallest absolute Gasteiger partial charge is 0.0109 e. The van der Waals surface area contributed by atoms with Gasteiger partial charge in [0.1, 0.15) is 0 Å². The molecule has 0 amide bonds. The van der Waals surface area contributed by atoms with E-state index in [4.69, 9.17) is 0 Å². The van der Waals surface area contributed by atoms with Gasteiger partial charge < -0.3 is 39.4 Å². The molecule has 0 aliphatic rings. The average Bonchev–Trinajstić information content (AvgIpc) is 3.84. The van der Waals surface area contributed by atoms with Crippen LogP contribution in [0.25, 0.3) is 0 Å². The molecule has 2 nitrogen and oxygen atoms in total. The number of rotatable bonds is 13. The minimum Gasteiger partial charge on any atom is -0.747 e. The molecule has 6 aromatic rings. The predicted octanol–water partition coefficient (Wildman–Crippen LogP) is 7.66. The Morgan fingerprint density at radius 3 is 1.48 bits per heavy atom. The van der Waals surface area contributed by atoms with Crippen molar-refractivity contribution in [3.63, 3.8) is 0 Å². The minimum absolute atomic E-state index is 0. The van der Waals surface area contributed by atoms with Crippen LogP contribution in [0.15, 0.2) is 164 Å². The maximum atomic E-state index is 2.50. The van der Waals surface area contributed by atoms with Gasteiger partial charge in [-0.15, -0.1) is 10.9 Å². The van der Waals surface area contributed by atoms with Crippen molar-refractivity contribution in [2.75, 3.05) is 33.2 Å². The van der Waals surface area contributed by atoms with E-state index >= 15 is 0 Å². The van der Waals surface area contributed by atoms with Crippen LogP contribution in [0.5, 0.6) is 0 Å². The van der Waals surface area contributed by atoms with E-state index in [9.17, 15) is 0 Å². The maximum Gasteiger partial charge on any atom is 0.0109 e. The van der Waals surface area contributed by atoms with Gasteiger partial charge in [0.05, 0.1) is 0 Å². The van der Waals surface area contributed by atoms with Crippen molar-refractivity contribution in [1.29, 1.82) is 0 Å². The third-order valence-corrected chi connectivity index (χ3v) is 13.8. The fourth-order valence-corrected chi connectivity index (χ4v) is 10.8. The van der Waals surface area contributed by atoms with Crippen molar-refractivity contribution in [2.24, 2.45) is 0 Å². The van der Waals surface area contributed by atoms with Crippen molar-refractivity contribution in [1.82, 2.24) is 9.80 Å². The van der Waals surface area contributed by atoms with Gasteiger partial charge in [-0.25, -0.2) is 20.1 Å². The van der Waals surface area contributed by atoms with Gasteiger partial charge in [-0.3, -0.25) is 0 Å². The second-order valence-electron chi connectivity index (χ2n) is 11.7. The molecule has 0 unspecified atom stereocenters. The Morgan fingerprint density at radius 1 is 0.604 bits per heavy atom. The molecule has 0 aromatic heterocycles. The van der Waals surface area contributed by atoms with Gasteiger partial charge in [-0.05, 0) is 44.7 Å². The topological polar surface area (TPSA) is 6.48 Å². The Balaban J connectivity index is 0.000000234. The van der Waals surface area contributed by atoms with Crippen molar-refractivity contribution in [3.8, 4) is 0 Å².